The molecule has 0 aliphatic rings. The number of carbonyl (C=O) groups is 2. The first kappa shape index (κ1) is 15.1. The minimum atomic E-state index is -1.20. The van der Waals surface area contributed by atoms with Crippen LogP contribution < -0.4 is 4.74 Å². The fourth-order valence-corrected chi connectivity index (χ4v) is 1.68. The minimum Gasteiger partial charge on any atom is -0.504 e. The Labute approximate surface area is 125 Å². The molecule has 2 aromatic carbocycles. The molecule has 0 radical (unpaired) electrons. The summed E-state index contributed by atoms with van der Waals surface area (Å²) in [5.74, 6) is -2.60. The normalized spacial score (nSPS) is 10.5. The molecule has 0 aliphatic carbocycles. The first-order valence-electron chi connectivity index (χ1n) is 6.21. The topological polar surface area (TPSA) is 104 Å². The SMILES string of the molecule is O=C(/C=C/c1ccc(O)c(O)c1)Oc1ccccc1C(=O)O. The third-order valence-corrected chi connectivity index (χ3v) is 2.74. The Morgan fingerprint density at radius 3 is 2.41 bits per heavy atom. The Kier molecular flexibility index (Phi) is 4.43. The quantitative estimate of drug-likeness (QED) is 0.347. The lowest BCUT2D eigenvalue weighted by Gasteiger charge is -2.04. The molecule has 22 heavy (non-hydrogen) atoms. The van der Waals surface area contributed by atoms with E-state index in [1.165, 1.54) is 42.5 Å². The van der Waals surface area contributed by atoms with E-state index in [0.717, 1.165) is 6.08 Å². The van der Waals surface area contributed by atoms with E-state index in [2.05, 4.69) is 0 Å². The third kappa shape index (κ3) is 3.63. The number of aromatic hydroxyl groups is 2. The molecule has 0 aromatic heterocycles. The van der Waals surface area contributed by atoms with Gasteiger partial charge in [0.1, 0.15) is 11.3 Å². The lowest BCUT2D eigenvalue weighted by atomic mass is 10.2. The number of para-hydroxylation sites is 1. The molecule has 2 aromatic rings. The van der Waals surface area contributed by atoms with Crippen LogP contribution in [0.15, 0.2) is 48.5 Å². The van der Waals surface area contributed by atoms with Gasteiger partial charge in [-0.15, -0.1) is 0 Å². The highest BCUT2D eigenvalue weighted by molar-refractivity contribution is 5.94. The van der Waals surface area contributed by atoms with Gasteiger partial charge in [0, 0.05) is 6.08 Å². The highest BCUT2D eigenvalue weighted by Crippen LogP contribution is 2.25. The minimum absolute atomic E-state index is 0.0572. The second kappa shape index (κ2) is 6.45. The van der Waals surface area contributed by atoms with Crippen LogP contribution in [-0.2, 0) is 4.79 Å². The second-order valence-electron chi connectivity index (χ2n) is 4.30. The van der Waals surface area contributed by atoms with E-state index in [0.29, 0.717) is 5.56 Å². The van der Waals surface area contributed by atoms with Gasteiger partial charge in [-0.25, -0.2) is 9.59 Å². The van der Waals surface area contributed by atoms with Crippen molar-refractivity contribution in [3.8, 4) is 17.2 Å². The maximum Gasteiger partial charge on any atom is 0.339 e. The molecule has 0 unspecified atom stereocenters. The lowest BCUT2D eigenvalue weighted by molar-refractivity contribution is -0.128. The number of ether oxygens (including phenoxy) is 1. The number of hydrogen-bond acceptors (Lipinski definition) is 5. The number of rotatable bonds is 4. The van der Waals surface area contributed by atoms with Crippen molar-refractivity contribution in [3.05, 3.63) is 59.7 Å². The standard InChI is InChI=1S/C16H12O6/c17-12-7-5-10(9-13(12)18)6-8-15(19)22-14-4-2-1-3-11(14)16(20)21/h1-9,17-18H,(H,20,21)/b8-6+. The molecular formula is C16H12O6. The average molecular weight is 300 g/mol. The van der Waals surface area contributed by atoms with Gasteiger partial charge in [-0.3, -0.25) is 0 Å². The van der Waals surface area contributed by atoms with Crippen LogP contribution in [0.2, 0.25) is 0 Å². The van der Waals surface area contributed by atoms with Gasteiger partial charge in [0.05, 0.1) is 0 Å². The Morgan fingerprint density at radius 1 is 1.00 bits per heavy atom. The van der Waals surface area contributed by atoms with Crippen molar-refractivity contribution in [1.82, 2.24) is 0 Å². The second-order valence-corrected chi connectivity index (χ2v) is 4.30. The fourth-order valence-electron chi connectivity index (χ4n) is 1.68. The molecule has 0 bridgehead atoms. The smallest absolute Gasteiger partial charge is 0.339 e. The first-order valence-corrected chi connectivity index (χ1v) is 6.21. The molecule has 0 amide bonds. The zero-order chi connectivity index (χ0) is 16.1. The number of aromatic carboxylic acids is 1. The van der Waals surface area contributed by atoms with Crippen molar-refractivity contribution in [2.45, 2.75) is 0 Å². The van der Waals surface area contributed by atoms with E-state index in [9.17, 15) is 19.8 Å². The summed E-state index contributed by atoms with van der Waals surface area (Å²) in [4.78, 5) is 22.7. The molecule has 2 rings (SSSR count). The molecule has 0 saturated carbocycles. The van der Waals surface area contributed by atoms with Crippen LogP contribution >= 0.6 is 0 Å². The van der Waals surface area contributed by atoms with Crippen LogP contribution in [0.5, 0.6) is 17.2 Å². The Balaban J connectivity index is 2.11. The van der Waals surface area contributed by atoms with Crippen LogP contribution in [0.25, 0.3) is 6.08 Å². The molecule has 0 saturated heterocycles. The van der Waals surface area contributed by atoms with Gasteiger partial charge in [-0.05, 0) is 35.9 Å². The third-order valence-electron chi connectivity index (χ3n) is 2.74. The van der Waals surface area contributed by atoms with Crippen LogP contribution in [-0.4, -0.2) is 27.3 Å². The van der Waals surface area contributed by atoms with Gasteiger partial charge in [0.15, 0.2) is 11.5 Å². The van der Waals surface area contributed by atoms with Crippen molar-refractivity contribution in [2.24, 2.45) is 0 Å². The van der Waals surface area contributed by atoms with Crippen LogP contribution in [0, 0.1) is 0 Å². The number of hydrogen-bond donors (Lipinski definition) is 3. The average Bonchev–Trinajstić information content (AvgIpc) is 2.49. The summed E-state index contributed by atoms with van der Waals surface area (Å²) in [7, 11) is 0. The summed E-state index contributed by atoms with van der Waals surface area (Å²) in [5, 5.41) is 27.5. The summed E-state index contributed by atoms with van der Waals surface area (Å²) in [6.07, 6.45) is 2.45. The zero-order valence-electron chi connectivity index (χ0n) is 11.3. The van der Waals surface area contributed by atoms with E-state index < -0.39 is 11.9 Å². The van der Waals surface area contributed by atoms with E-state index in [-0.39, 0.29) is 22.8 Å². The Hall–Kier alpha value is -3.28. The number of phenolic OH excluding ortho intramolecular Hbond substituents is 2. The van der Waals surface area contributed by atoms with Crippen molar-refractivity contribution in [1.29, 1.82) is 0 Å². The maximum atomic E-state index is 11.7. The van der Waals surface area contributed by atoms with Crippen molar-refractivity contribution >= 4 is 18.0 Å². The number of carboxylic acids is 1. The number of phenols is 2. The van der Waals surface area contributed by atoms with Crippen molar-refractivity contribution in [3.63, 3.8) is 0 Å². The van der Waals surface area contributed by atoms with E-state index in [1.807, 2.05) is 0 Å². The molecule has 0 aliphatic heterocycles. The van der Waals surface area contributed by atoms with Crippen LogP contribution in [0.3, 0.4) is 0 Å². The number of carbonyl (C=O) groups excluding carboxylic acids is 1. The monoisotopic (exact) mass is 300 g/mol. The lowest BCUT2D eigenvalue weighted by Crippen LogP contribution is -2.08. The molecule has 112 valence electrons. The largest absolute Gasteiger partial charge is 0.504 e. The number of esters is 1. The van der Waals surface area contributed by atoms with E-state index in [1.54, 1.807) is 6.07 Å². The summed E-state index contributed by atoms with van der Waals surface area (Å²) in [6.45, 7) is 0. The summed E-state index contributed by atoms with van der Waals surface area (Å²) in [6, 6.07) is 9.81. The maximum absolute atomic E-state index is 11.7. The molecule has 0 fully saturated rings. The van der Waals surface area contributed by atoms with Crippen LogP contribution in [0.1, 0.15) is 15.9 Å². The number of carboxylic acid groups (broad SMARTS) is 1. The Bertz CT molecular complexity index is 748. The molecule has 6 heteroatoms. The van der Waals surface area contributed by atoms with Crippen molar-refractivity contribution < 1.29 is 29.6 Å². The van der Waals surface area contributed by atoms with Gasteiger partial charge in [-0.2, -0.15) is 0 Å². The first-order chi connectivity index (χ1) is 10.5. The van der Waals surface area contributed by atoms with Gasteiger partial charge in [-0.1, -0.05) is 18.2 Å². The predicted molar refractivity (Wildman–Crippen MR) is 77.8 cm³/mol. The van der Waals surface area contributed by atoms with Crippen molar-refractivity contribution in [2.75, 3.05) is 0 Å². The molecule has 0 spiro atoms. The van der Waals surface area contributed by atoms with E-state index >= 15 is 0 Å². The fraction of sp³-hybridized carbons (Fsp3) is 0. The predicted octanol–water partition coefficient (Wildman–Crippen LogP) is 2.41. The summed E-state index contributed by atoms with van der Waals surface area (Å²) >= 11 is 0. The van der Waals surface area contributed by atoms with Gasteiger partial charge >= 0.3 is 11.9 Å². The number of benzene rings is 2. The summed E-state index contributed by atoms with van der Waals surface area (Å²) in [5.41, 5.74) is 0.352. The summed E-state index contributed by atoms with van der Waals surface area (Å²) < 4.78 is 4.96. The van der Waals surface area contributed by atoms with Gasteiger partial charge in [0.25, 0.3) is 0 Å². The molecule has 0 heterocycles. The molecule has 6 nitrogen and oxygen atoms in total. The highest BCUT2D eigenvalue weighted by atomic mass is 16.5. The van der Waals surface area contributed by atoms with Gasteiger partial charge in [0.2, 0.25) is 0 Å². The van der Waals surface area contributed by atoms with Crippen LogP contribution in [0.4, 0.5) is 0 Å². The molecular weight excluding hydrogens is 288 g/mol. The molecule has 0 atom stereocenters. The molecule has 3 N–H and O–H groups in total. The zero-order valence-corrected chi connectivity index (χ0v) is 11.3. The van der Waals surface area contributed by atoms with E-state index in [4.69, 9.17) is 9.84 Å². The van der Waals surface area contributed by atoms with Gasteiger partial charge < -0.3 is 20.1 Å². The Morgan fingerprint density at radius 2 is 1.73 bits per heavy atom. The highest BCUT2D eigenvalue weighted by Gasteiger charge is 2.12.